The molecule has 0 bridgehead atoms. The van der Waals surface area contributed by atoms with Crippen LogP contribution in [0, 0.1) is 10.1 Å². The van der Waals surface area contributed by atoms with Gasteiger partial charge < -0.3 is 5.32 Å². The lowest BCUT2D eigenvalue weighted by Gasteiger charge is -2.06. The van der Waals surface area contributed by atoms with Crippen LogP contribution >= 0.6 is 11.8 Å². The van der Waals surface area contributed by atoms with Gasteiger partial charge in [0.2, 0.25) is 0 Å². The molecule has 0 fully saturated rings. The zero-order valence-electron chi connectivity index (χ0n) is 9.53. The predicted molar refractivity (Wildman–Crippen MR) is 68.8 cm³/mol. The number of nitrogens with zero attached hydrogens (tertiary/aromatic N) is 3. The van der Waals surface area contributed by atoms with Gasteiger partial charge in [-0.3, -0.25) is 10.1 Å². The van der Waals surface area contributed by atoms with Gasteiger partial charge in [0.1, 0.15) is 17.0 Å². The van der Waals surface area contributed by atoms with Gasteiger partial charge in [0, 0.05) is 13.2 Å². The maximum absolute atomic E-state index is 11.1. The van der Waals surface area contributed by atoms with E-state index in [1.54, 1.807) is 37.5 Å². The molecule has 0 unspecified atom stereocenters. The first kappa shape index (κ1) is 12.3. The lowest BCUT2D eigenvalue weighted by molar-refractivity contribution is -0.386. The third-order valence-electron chi connectivity index (χ3n) is 2.22. The van der Waals surface area contributed by atoms with Gasteiger partial charge in [0.25, 0.3) is 0 Å². The summed E-state index contributed by atoms with van der Waals surface area (Å²) in [5, 5.41) is 14.6. The van der Waals surface area contributed by atoms with Gasteiger partial charge in [-0.1, -0.05) is 17.8 Å². The summed E-state index contributed by atoms with van der Waals surface area (Å²) in [4.78, 5) is 19.1. The van der Waals surface area contributed by atoms with Crippen molar-refractivity contribution in [3.63, 3.8) is 0 Å². The number of nitro benzene ring substituents is 1. The van der Waals surface area contributed by atoms with Crippen LogP contribution in [0.4, 0.5) is 11.4 Å². The molecule has 0 aliphatic rings. The molecular weight excluding hydrogens is 252 g/mol. The van der Waals surface area contributed by atoms with E-state index >= 15 is 0 Å². The highest BCUT2D eigenvalue weighted by Crippen LogP contribution is 2.38. The first-order valence-corrected chi connectivity index (χ1v) is 5.93. The van der Waals surface area contributed by atoms with Crippen molar-refractivity contribution in [3.8, 4) is 0 Å². The summed E-state index contributed by atoms with van der Waals surface area (Å²) in [6.07, 6.45) is 3.01. The molecule has 7 heteroatoms. The van der Waals surface area contributed by atoms with Gasteiger partial charge in [0.15, 0.2) is 0 Å². The van der Waals surface area contributed by atoms with Crippen molar-refractivity contribution in [1.29, 1.82) is 0 Å². The molecule has 0 atom stereocenters. The molecule has 0 amide bonds. The maximum Gasteiger partial charge on any atom is 0.306 e. The molecule has 0 saturated heterocycles. The molecule has 0 aliphatic carbocycles. The van der Waals surface area contributed by atoms with E-state index in [1.807, 2.05) is 0 Å². The standard InChI is InChI=1S/C11H10N4O2S/c1-12-8-3-2-4-9(11(8)15(16)17)18-10-5-6-13-7-14-10/h2-7,12H,1H3. The van der Waals surface area contributed by atoms with E-state index in [-0.39, 0.29) is 5.69 Å². The van der Waals surface area contributed by atoms with Crippen LogP contribution in [0.3, 0.4) is 0 Å². The number of nitrogens with one attached hydrogen (secondary N) is 1. The fraction of sp³-hybridized carbons (Fsp3) is 0.0909. The Hall–Kier alpha value is -2.15. The van der Waals surface area contributed by atoms with Crippen molar-refractivity contribution in [1.82, 2.24) is 9.97 Å². The third kappa shape index (κ3) is 2.57. The normalized spacial score (nSPS) is 10.1. The summed E-state index contributed by atoms with van der Waals surface area (Å²) in [5.41, 5.74) is 0.544. The van der Waals surface area contributed by atoms with Crippen LogP contribution in [0.5, 0.6) is 0 Å². The topological polar surface area (TPSA) is 81.0 Å². The summed E-state index contributed by atoms with van der Waals surface area (Å²) in [6.45, 7) is 0. The van der Waals surface area contributed by atoms with E-state index in [0.29, 0.717) is 15.6 Å². The van der Waals surface area contributed by atoms with Crippen molar-refractivity contribution in [2.45, 2.75) is 9.92 Å². The molecule has 2 aromatic rings. The van der Waals surface area contributed by atoms with Crippen molar-refractivity contribution < 1.29 is 4.92 Å². The number of anilines is 1. The van der Waals surface area contributed by atoms with Gasteiger partial charge in [-0.25, -0.2) is 9.97 Å². The molecule has 0 saturated carbocycles. The second-order valence-electron chi connectivity index (χ2n) is 3.31. The van der Waals surface area contributed by atoms with Crippen LogP contribution in [-0.4, -0.2) is 21.9 Å². The average molecular weight is 262 g/mol. The molecule has 1 aromatic heterocycles. The SMILES string of the molecule is CNc1cccc(Sc2ccncn2)c1[N+](=O)[O-]. The van der Waals surface area contributed by atoms with Crippen LogP contribution in [0.2, 0.25) is 0 Å². The lowest BCUT2D eigenvalue weighted by Crippen LogP contribution is -1.98. The first-order valence-electron chi connectivity index (χ1n) is 5.11. The fourth-order valence-electron chi connectivity index (χ4n) is 1.45. The van der Waals surface area contributed by atoms with Crippen molar-refractivity contribution in [2.75, 3.05) is 12.4 Å². The Bertz CT molecular complexity index is 562. The quantitative estimate of drug-likeness (QED) is 0.518. The molecule has 0 spiro atoms. The molecule has 92 valence electrons. The second-order valence-corrected chi connectivity index (χ2v) is 4.37. The summed E-state index contributed by atoms with van der Waals surface area (Å²) < 4.78 is 0. The zero-order chi connectivity index (χ0) is 13.0. The highest BCUT2D eigenvalue weighted by Gasteiger charge is 2.19. The second kappa shape index (κ2) is 5.46. The number of hydrogen-bond acceptors (Lipinski definition) is 6. The molecule has 6 nitrogen and oxygen atoms in total. The van der Waals surface area contributed by atoms with Crippen molar-refractivity contribution in [2.24, 2.45) is 0 Å². The Kier molecular flexibility index (Phi) is 3.73. The Morgan fingerprint density at radius 3 is 2.83 bits per heavy atom. The van der Waals surface area contributed by atoms with Crippen molar-refractivity contribution >= 4 is 23.1 Å². The zero-order valence-corrected chi connectivity index (χ0v) is 10.3. The summed E-state index contributed by atoms with van der Waals surface area (Å²) in [5.74, 6) is 0. The lowest BCUT2D eigenvalue weighted by atomic mass is 10.3. The van der Waals surface area contributed by atoms with Crippen LogP contribution in [0.25, 0.3) is 0 Å². The first-order chi connectivity index (χ1) is 8.72. The summed E-state index contributed by atoms with van der Waals surface area (Å²) in [6, 6.07) is 6.84. The maximum atomic E-state index is 11.1. The summed E-state index contributed by atoms with van der Waals surface area (Å²) >= 11 is 1.24. The highest BCUT2D eigenvalue weighted by molar-refractivity contribution is 7.99. The molecule has 1 aromatic carbocycles. The average Bonchev–Trinajstić information content (AvgIpc) is 2.39. The van der Waals surface area contributed by atoms with Crippen LogP contribution in [0.15, 0.2) is 46.7 Å². The highest BCUT2D eigenvalue weighted by atomic mass is 32.2. The molecule has 0 aliphatic heterocycles. The van der Waals surface area contributed by atoms with E-state index in [2.05, 4.69) is 15.3 Å². The number of hydrogen-bond donors (Lipinski definition) is 1. The largest absolute Gasteiger partial charge is 0.383 e. The fourth-order valence-corrected chi connectivity index (χ4v) is 2.33. The Morgan fingerprint density at radius 2 is 2.22 bits per heavy atom. The number of para-hydroxylation sites is 1. The number of nitro groups is 1. The van der Waals surface area contributed by atoms with Crippen LogP contribution in [0.1, 0.15) is 0 Å². The molecule has 18 heavy (non-hydrogen) atoms. The van der Waals surface area contributed by atoms with Crippen LogP contribution in [-0.2, 0) is 0 Å². The van der Waals surface area contributed by atoms with Crippen molar-refractivity contribution in [3.05, 3.63) is 46.9 Å². The minimum Gasteiger partial charge on any atom is -0.383 e. The molecule has 2 rings (SSSR count). The Morgan fingerprint density at radius 1 is 1.39 bits per heavy atom. The van der Waals surface area contributed by atoms with Gasteiger partial charge in [0.05, 0.1) is 9.82 Å². The van der Waals surface area contributed by atoms with Gasteiger partial charge >= 0.3 is 5.69 Å². The van der Waals surface area contributed by atoms with Gasteiger partial charge in [-0.2, -0.15) is 0 Å². The number of rotatable bonds is 4. The molecule has 1 heterocycles. The minimum atomic E-state index is -0.393. The van der Waals surface area contributed by atoms with E-state index in [0.717, 1.165) is 0 Å². The molecular formula is C11H10N4O2S. The monoisotopic (exact) mass is 262 g/mol. The van der Waals surface area contributed by atoms with Gasteiger partial charge in [-0.15, -0.1) is 0 Å². The smallest absolute Gasteiger partial charge is 0.306 e. The van der Waals surface area contributed by atoms with E-state index in [1.165, 1.54) is 18.1 Å². The third-order valence-corrected chi connectivity index (χ3v) is 3.22. The minimum absolute atomic E-state index is 0.0589. The molecule has 0 radical (unpaired) electrons. The van der Waals surface area contributed by atoms with E-state index < -0.39 is 4.92 Å². The van der Waals surface area contributed by atoms with E-state index in [9.17, 15) is 10.1 Å². The predicted octanol–water partition coefficient (Wildman–Crippen LogP) is 2.58. The van der Waals surface area contributed by atoms with Gasteiger partial charge in [-0.05, 0) is 18.2 Å². The number of benzene rings is 1. The Balaban J connectivity index is 2.42. The summed E-state index contributed by atoms with van der Waals surface area (Å²) in [7, 11) is 1.65. The molecule has 1 N–H and O–H groups in total. The van der Waals surface area contributed by atoms with Crippen LogP contribution < -0.4 is 5.32 Å². The number of aromatic nitrogens is 2. The Labute approximate surface area is 108 Å². The van der Waals surface area contributed by atoms with E-state index in [4.69, 9.17) is 0 Å².